The van der Waals surface area contributed by atoms with Gasteiger partial charge in [0.15, 0.2) is 5.96 Å². The van der Waals surface area contributed by atoms with Crippen molar-refractivity contribution in [1.82, 2.24) is 42.5 Å². The number of nitrogens with zero attached hydrogens (tertiary/aromatic N) is 1. The molecule has 16 nitrogen and oxygen atoms in total. The molecule has 2 fully saturated rings. The van der Waals surface area contributed by atoms with E-state index in [1.54, 1.807) is 12.1 Å². The zero-order valence-electron chi connectivity index (χ0n) is 29.6. The van der Waals surface area contributed by atoms with Crippen LogP contribution in [0.1, 0.15) is 75.6 Å². The van der Waals surface area contributed by atoms with Crippen LogP contribution < -0.4 is 54.0 Å². The molecule has 280 valence electrons. The van der Waals surface area contributed by atoms with Gasteiger partial charge in [0, 0.05) is 87.5 Å². The maximum Gasteiger partial charge on any atom is 0.305 e. The number of carbonyl (C=O) groups excluding carboxylic acids is 3. The molecule has 1 aromatic carbocycles. The lowest BCUT2D eigenvalue weighted by Gasteiger charge is -2.34. The van der Waals surface area contributed by atoms with Crippen LogP contribution in [-0.4, -0.2) is 117 Å². The lowest BCUT2D eigenvalue weighted by molar-refractivity contribution is -0.137. The van der Waals surface area contributed by atoms with Crippen LogP contribution in [-0.2, 0) is 14.4 Å². The number of guanidine groups is 1. The van der Waals surface area contributed by atoms with E-state index in [1.807, 2.05) is 0 Å². The summed E-state index contributed by atoms with van der Waals surface area (Å²) in [7, 11) is 0. The quantitative estimate of drug-likeness (QED) is 0.0673. The number of hydrogen-bond acceptors (Lipinski definition) is 10. The third-order valence-corrected chi connectivity index (χ3v) is 8.95. The highest BCUT2D eigenvalue weighted by atomic mass is 16.4. The fourth-order valence-electron chi connectivity index (χ4n) is 6.30. The Labute approximate surface area is 295 Å². The number of carboxylic acid groups (broad SMARTS) is 1. The number of hydrogen-bond donors (Lipinski definition) is 11. The Balaban J connectivity index is 1.46. The molecule has 1 saturated heterocycles. The topological polar surface area (TPSA) is 249 Å². The summed E-state index contributed by atoms with van der Waals surface area (Å²) in [6.07, 6.45) is 5.71. The molecule has 1 aliphatic carbocycles. The highest BCUT2D eigenvalue weighted by Gasteiger charge is 2.25. The second-order valence-corrected chi connectivity index (χ2v) is 13.5. The first-order chi connectivity index (χ1) is 24.0. The van der Waals surface area contributed by atoms with Crippen molar-refractivity contribution in [3.05, 3.63) is 29.8 Å². The van der Waals surface area contributed by atoms with Crippen molar-refractivity contribution in [3.63, 3.8) is 0 Å². The number of rotatable bonds is 13. The fourth-order valence-corrected chi connectivity index (χ4v) is 6.30. The summed E-state index contributed by atoms with van der Waals surface area (Å²) in [5.41, 5.74) is 11.4. The van der Waals surface area contributed by atoms with Crippen LogP contribution in [0.15, 0.2) is 29.3 Å². The van der Waals surface area contributed by atoms with Gasteiger partial charge >= 0.3 is 5.97 Å². The van der Waals surface area contributed by atoms with Crippen molar-refractivity contribution in [2.24, 2.45) is 16.5 Å². The van der Waals surface area contributed by atoms with Crippen LogP contribution >= 0.6 is 0 Å². The van der Waals surface area contributed by atoms with Crippen molar-refractivity contribution < 1.29 is 24.3 Å². The van der Waals surface area contributed by atoms with Gasteiger partial charge in [0.2, 0.25) is 11.8 Å². The number of fused-ring (bicyclic) bond motifs is 1. The van der Waals surface area contributed by atoms with Crippen molar-refractivity contribution in [2.75, 3.05) is 45.8 Å². The van der Waals surface area contributed by atoms with Gasteiger partial charge in [-0.1, -0.05) is 18.9 Å². The Hall–Kier alpha value is -3.83. The van der Waals surface area contributed by atoms with Gasteiger partial charge in [-0.05, 0) is 57.7 Å². The minimum Gasteiger partial charge on any atom is -0.481 e. The molecular formula is C34H59N11O5. The minimum atomic E-state index is -1.16. The van der Waals surface area contributed by atoms with Crippen LogP contribution in [0.25, 0.3) is 0 Å². The molecule has 3 rings (SSSR count). The Morgan fingerprint density at radius 1 is 0.880 bits per heavy atom. The predicted octanol–water partition coefficient (Wildman–Crippen LogP) is -1.01. The Kier molecular flexibility index (Phi) is 17.9. The first-order valence-electron chi connectivity index (χ1n) is 17.9. The Morgan fingerprint density at radius 3 is 2.32 bits per heavy atom. The van der Waals surface area contributed by atoms with E-state index in [9.17, 15) is 24.3 Å². The summed E-state index contributed by atoms with van der Waals surface area (Å²) < 4.78 is 0. The normalized spacial score (nSPS) is 24.2. The monoisotopic (exact) mass is 701 g/mol. The number of amides is 3. The summed E-state index contributed by atoms with van der Waals surface area (Å²) in [4.78, 5) is 53.3. The molecular weight excluding hydrogens is 642 g/mol. The molecule has 3 amide bonds. The number of benzene rings is 1. The molecule has 1 heterocycles. The first-order valence-corrected chi connectivity index (χ1v) is 17.9. The number of nitrogens with one attached hydrogen (secondary N) is 8. The third-order valence-electron chi connectivity index (χ3n) is 8.95. The molecule has 1 aliphatic heterocycles. The standard InChI is InChI=1S/C34H59N11O5/c1-22-18-40-23(2)19-41-26(20-42-29-11-4-3-10-28(29)38-14-13-37-22)9-6-12-39-30(46)16-27(17-32(48)49)44-31(47)21-43-33(50)24-7-5-8-25(15-24)45-34(35)36/h5,7-8,15,22-23,26-29,37-38,40-42H,3-4,6,9-14,16-21H2,1-2H3,(H,39,46)(H,43,50)(H,44,47)(H,48,49)(H4,35,36,45)/t22-,23+,26?,27?,28+,29+/m0/s1. The third kappa shape index (κ3) is 16.3. The molecule has 2 unspecified atom stereocenters. The molecule has 0 spiro atoms. The summed E-state index contributed by atoms with van der Waals surface area (Å²) in [6, 6.07) is 7.01. The molecule has 1 saturated carbocycles. The maximum atomic E-state index is 12.8. The maximum absolute atomic E-state index is 12.8. The summed E-state index contributed by atoms with van der Waals surface area (Å²) in [6.45, 7) is 8.79. The van der Waals surface area contributed by atoms with Crippen molar-refractivity contribution in [1.29, 1.82) is 0 Å². The number of aliphatic imine (C=N–C) groups is 1. The van der Waals surface area contributed by atoms with Gasteiger partial charge in [-0.3, -0.25) is 19.2 Å². The zero-order valence-corrected chi connectivity index (χ0v) is 29.6. The van der Waals surface area contributed by atoms with E-state index in [0.29, 0.717) is 36.4 Å². The van der Waals surface area contributed by atoms with E-state index >= 15 is 0 Å². The van der Waals surface area contributed by atoms with Gasteiger partial charge in [-0.15, -0.1) is 0 Å². The summed E-state index contributed by atoms with van der Waals surface area (Å²) >= 11 is 0. The second-order valence-electron chi connectivity index (χ2n) is 13.5. The molecule has 2 aliphatic rings. The minimum absolute atomic E-state index is 0.160. The van der Waals surface area contributed by atoms with Gasteiger partial charge in [0.25, 0.3) is 5.91 Å². The van der Waals surface area contributed by atoms with Crippen molar-refractivity contribution in [2.45, 2.75) is 101 Å². The van der Waals surface area contributed by atoms with E-state index in [-0.39, 0.29) is 29.9 Å². The van der Waals surface area contributed by atoms with Gasteiger partial charge < -0.3 is 59.1 Å². The Morgan fingerprint density at radius 2 is 1.58 bits per heavy atom. The summed E-state index contributed by atoms with van der Waals surface area (Å²) in [5, 5.41) is 35.8. The first kappa shape index (κ1) is 40.6. The van der Waals surface area contributed by atoms with Gasteiger partial charge in [0.05, 0.1) is 18.7 Å². The molecule has 0 radical (unpaired) electrons. The van der Waals surface area contributed by atoms with Crippen LogP contribution in [0.5, 0.6) is 0 Å². The Bertz CT molecular complexity index is 1260. The lowest BCUT2D eigenvalue weighted by Crippen LogP contribution is -2.54. The van der Waals surface area contributed by atoms with Crippen molar-refractivity contribution >= 4 is 35.3 Å². The van der Waals surface area contributed by atoms with E-state index in [1.165, 1.54) is 31.4 Å². The lowest BCUT2D eigenvalue weighted by atomic mass is 9.90. The fraction of sp³-hybridized carbons (Fsp3) is 0.676. The second kappa shape index (κ2) is 22.1. The number of aliphatic carboxylic acids is 1. The van der Waals surface area contributed by atoms with Gasteiger partial charge in [-0.2, -0.15) is 0 Å². The summed E-state index contributed by atoms with van der Waals surface area (Å²) in [5.74, 6) is -2.84. The molecule has 13 N–H and O–H groups in total. The molecule has 50 heavy (non-hydrogen) atoms. The smallest absolute Gasteiger partial charge is 0.305 e. The average Bonchev–Trinajstić information content (AvgIpc) is 3.07. The molecule has 1 aromatic rings. The van der Waals surface area contributed by atoms with E-state index in [0.717, 1.165) is 52.0 Å². The van der Waals surface area contributed by atoms with Gasteiger partial charge in [-0.25, -0.2) is 4.99 Å². The van der Waals surface area contributed by atoms with Crippen LogP contribution in [0, 0.1) is 0 Å². The van der Waals surface area contributed by atoms with Crippen LogP contribution in [0.4, 0.5) is 5.69 Å². The molecule has 16 heteroatoms. The number of carboxylic acids is 1. The highest BCUT2D eigenvalue weighted by molar-refractivity contribution is 5.97. The molecule has 0 aromatic heterocycles. The van der Waals surface area contributed by atoms with Crippen molar-refractivity contribution in [3.8, 4) is 0 Å². The molecule has 6 atom stereocenters. The average molecular weight is 702 g/mol. The molecule has 0 bridgehead atoms. The van der Waals surface area contributed by atoms with Gasteiger partial charge in [0.1, 0.15) is 0 Å². The van der Waals surface area contributed by atoms with E-state index in [4.69, 9.17) is 11.5 Å². The van der Waals surface area contributed by atoms with E-state index in [2.05, 4.69) is 61.4 Å². The highest BCUT2D eigenvalue weighted by Crippen LogP contribution is 2.19. The van der Waals surface area contributed by atoms with Crippen LogP contribution in [0.3, 0.4) is 0 Å². The van der Waals surface area contributed by atoms with Crippen LogP contribution in [0.2, 0.25) is 0 Å². The number of nitrogens with two attached hydrogens (primary N) is 2. The number of carbonyl (C=O) groups is 4. The zero-order chi connectivity index (χ0) is 36.3. The SMILES string of the molecule is C[C@@H]1CNC(CCCNC(=O)CC(CC(=O)O)NC(=O)CNC(=O)c2cccc(N=C(N)N)c2)CN[C@@H]2CCCC[C@H]2NCCN[C@@H](C)CN1. The predicted molar refractivity (Wildman–Crippen MR) is 194 cm³/mol. The van der Waals surface area contributed by atoms with E-state index < -0.39 is 36.8 Å². The largest absolute Gasteiger partial charge is 0.481 e.